The minimum Gasteiger partial charge on any atom is -0.481 e. The van der Waals surface area contributed by atoms with Crippen LogP contribution < -0.4 is 4.31 Å². The summed E-state index contributed by atoms with van der Waals surface area (Å²) in [6, 6.07) is 8.06. The molecule has 1 saturated heterocycles. The number of nitrogens with zero attached hydrogens (tertiary/aromatic N) is 3. The van der Waals surface area contributed by atoms with Crippen molar-refractivity contribution in [3.8, 4) is 0 Å². The molecule has 0 aromatic heterocycles. The number of urea groups is 1. The molecule has 1 N–H and O–H groups in total. The van der Waals surface area contributed by atoms with Gasteiger partial charge in [-0.2, -0.15) is 0 Å². The summed E-state index contributed by atoms with van der Waals surface area (Å²) >= 11 is 0. The van der Waals surface area contributed by atoms with Gasteiger partial charge in [-0.1, -0.05) is 18.2 Å². The molecular weight excluding hydrogens is 410 g/mol. The van der Waals surface area contributed by atoms with Crippen LogP contribution in [0.4, 0.5) is 10.5 Å². The molecular formula is C20H29N3O6S. The summed E-state index contributed by atoms with van der Waals surface area (Å²) < 4.78 is 26.9. The Morgan fingerprint density at radius 1 is 1.20 bits per heavy atom. The number of hydrogen-bond donors (Lipinski definition) is 1. The molecule has 0 saturated carbocycles. The summed E-state index contributed by atoms with van der Waals surface area (Å²) in [5.41, 5.74) is -0.480. The van der Waals surface area contributed by atoms with Crippen LogP contribution in [0.25, 0.3) is 0 Å². The molecule has 166 valence electrons. The number of carbonyl (C=O) groups is 3. The predicted molar refractivity (Wildman–Crippen MR) is 113 cm³/mol. The highest BCUT2D eigenvalue weighted by Crippen LogP contribution is 2.26. The fraction of sp³-hybridized carbons (Fsp3) is 0.550. The van der Waals surface area contributed by atoms with E-state index in [0.29, 0.717) is 5.69 Å². The van der Waals surface area contributed by atoms with Gasteiger partial charge in [-0.3, -0.25) is 18.8 Å². The van der Waals surface area contributed by atoms with Gasteiger partial charge in [-0.25, -0.2) is 13.2 Å². The molecule has 10 heteroatoms. The normalized spacial score (nSPS) is 17.3. The summed E-state index contributed by atoms with van der Waals surface area (Å²) in [4.78, 5) is 38.8. The third kappa shape index (κ3) is 4.75. The molecule has 0 bridgehead atoms. The largest absolute Gasteiger partial charge is 0.481 e. The zero-order valence-electron chi connectivity index (χ0n) is 17.7. The number of para-hydroxylation sites is 1. The number of carboxylic acids is 1. The molecule has 9 nitrogen and oxygen atoms in total. The highest BCUT2D eigenvalue weighted by atomic mass is 32.2. The van der Waals surface area contributed by atoms with Gasteiger partial charge in [0.2, 0.25) is 10.0 Å². The van der Waals surface area contributed by atoms with Gasteiger partial charge < -0.3 is 10.0 Å². The zero-order chi connectivity index (χ0) is 22.7. The van der Waals surface area contributed by atoms with Crippen LogP contribution in [-0.2, 0) is 19.6 Å². The van der Waals surface area contributed by atoms with Crippen LogP contribution in [0.15, 0.2) is 30.3 Å². The van der Waals surface area contributed by atoms with E-state index in [2.05, 4.69) is 0 Å². The average molecular weight is 440 g/mol. The van der Waals surface area contributed by atoms with Crippen molar-refractivity contribution >= 4 is 33.6 Å². The fourth-order valence-corrected chi connectivity index (χ4v) is 5.26. The maximum atomic E-state index is 12.9. The Kier molecular flexibility index (Phi) is 7.12. The second-order valence-corrected chi connectivity index (χ2v) is 9.75. The Morgan fingerprint density at radius 3 is 2.27 bits per heavy atom. The van der Waals surface area contributed by atoms with Crippen molar-refractivity contribution in [2.45, 2.75) is 39.2 Å². The van der Waals surface area contributed by atoms with Crippen molar-refractivity contribution in [1.29, 1.82) is 0 Å². The quantitative estimate of drug-likeness (QED) is 0.558. The number of imide groups is 1. The number of aliphatic carboxylic acids is 1. The molecule has 1 aliphatic heterocycles. The van der Waals surface area contributed by atoms with Crippen LogP contribution in [0.3, 0.4) is 0 Å². The Bertz CT molecular complexity index is 900. The first-order chi connectivity index (χ1) is 13.9. The first-order valence-corrected chi connectivity index (χ1v) is 11.4. The van der Waals surface area contributed by atoms with Gasteiger partial charge in [0.15, 0.2) is 0 Å². The number of hydrogen-bond acceptors (Lipinski definition) is 5. The number of likely N-dealkylation sites (N-methyl/N-ethyl adjacent to an activating group) is 1. The van der Waals surface area contributed by atoms with Crippen LogP contribution in [0.2, 0.25) is 0 Å². The lowest BCUT2D eigenvalue weighted by Crippen LogP contribution is -2.41. The number of amides is 3. The number of rotatable bonds is 10. The molecule has 1 aliphatic rings. The second kappa shape index (κ2) is 9.03. The Hall–Kier alpha value is -2.62. The molecule has 1 aromatic carbocycles. The number of carbonyl (C=O) groups excluding carboxylic acids is 2. The zero-order valence-corrected chi connectivity index (χ0v) is 18.6. The average Bonchev–Trinajstić information content (AvgIpc) is 2.82. The molecule has 1 fully saturated rings. The third-order valence-electron chi connectivity index (χ3n) is 5.49. The smallest absolute Gasteiger partial charge is 0.327 e. The van der Waals surface area contributed by atoms with Crippen LogP contribution in [-0.4, -0.2) is 72.7 Å². The van der Waals surface area contributed by atoms with Crippen LogP contribution in [0, 0.1) is 5.92 Å². The maximum absolute atomic E-state index is 12.9. The van der Waals surface area contributed by atoms with E-state index in [1.807, 2.05) is 0 Å². The maximum Gasteiger partial charge on any atom is 0.327 e. The topological polar surface area (TPSA) is 115 Å². The molecule has 0 spiro atoms. The van der Waals surface area contributed by atoms with Crippen molar-refractivity contribution in [2.24, 2.45) is 5.92 Å². The van der Waals surface area contributed by atoms with Gasteiger partial charge in [-0.05, 0) is 45.7 Å². The van der Waals surface area contributed by atoms with E-state index in [4.69, 9.17) is 0 Å². The molecule has 30 heavy (non-hydrogen) atoms. The van der Waals surface area contributed by atoms with E-state index >= 15 is 0 Å². The van der Waals surface area contributed by atoms with E-state index < -0.39 is 39.2 Å². The Balaban J connectivity index is 2.05. The van der Waals surface area contributed by atoms with Gasteiger partial charge in [0.1, 0.15) is 5.54 Å². The van der Waals surface area contributed by atoms with Crippen LogP contribution in [0.5, 0.6) is 0 Å². The van der Waals surface area contributed by atoms with Gasteiger partial charge >= 0.3 is 12.0 Å². The summed E-state index contributed by atoms with van der Waals surface area (Å²) in [6.45, 7) is 5.19. The van der Waals surface area contributed by atoms with Gasteiger partial charge in [0, 0.05) is 20.1 Å². The number of anilines is 1. The lowest BCUT2D eigenvalue weighted by Gasteiger charge is -2.25. The summed E-state index contributed by atoms with van der Waals surface area (Å²) in [5, 5.41) is 9.54. The second-order valence-electron chi connectivity index (χ2n) is 7.81. The molecule has 1 heterocycles. The van der Waals surface area contributed by atoms with Crippen molar-refractivity contribution < 1.29 is 27.9 Å². The monoisotopic (exact) mass is 439 g/mol. The number of carboxylic acid groups (broad SMARTS) is 1. The van der Waals surface area contributed by atoms with Gasteiger partial charge in [0.05, 0.1) is 17.4 Å². The lowest BCUT2D eigenvalue weighted by atomic mass is 10.0. The molecule has 1 aromatic rings. The minimum absolute atomic E-state index is 0.0299. The Labute approximate surface area is 177 Å². The molecule has 2 rings (SSSR count). The molecule has 0 aliphatic carbocycles. The molecule has 1 atom stereocenters. The van der Waals surface area contributed by atoms with E-state index in [9.17, 15) is 27.9 Å². The van der Waals surface area contributed by atoms with Crippen molar-refractivity contribution in [3.05, 3.63) is 30.3 Å². The standard InChI is InChI=1S/C20H29N3O6S/c1-5-23(16-11-7-6-8-12-16)30(28,29)14-15(17(24)25)10-9-13-22-18(26)20(2,3)21(4)19(22)27/h6-8,11-12,15H,5,9-10,13-14H2,1-4H3,(H,24,25). The molecule has 1 unspecified atom stereocenters. The van der Waals surface area contributed by atoms with Crippen molar-refractivity contribution in [1.82, 2.24) is 9.80 Å². The van der Waals surface area contributed by atoms with Crippen molar-refractivity contribution in [3.63, 3.8) is 0 Å². The van der Waals surface area contributed by atoms with E-state index in [0.717, 1.165) is 4.90 Å². The van der Waals surface area contributed by atoms with Gasteiger partial charge in [0.25, 0.3) is 5.91 Å². The Morgan fingerprint density at radius 2 is 1.80 bits per heavy atom. The molecule has 0 radical (unpaired) electrons. The fourth-order valence-electron chi connectivity index (χ4n) is 3.43. The number of sulfonamides is 1. The first-order valence-electron chi connectivity index (χ1n) is 9.81. The SMILES string of the molecule is CCN(c1ccccc1)S(=O)(=O)CC(CCCN1C(=O)N(C)C(C)(C)C1=O)C(=O)O. The highest BCUT2D eigenvalue weighted by Gasteiger charge is 2.48. The van der Waals surface area contributed by atoms with E-state index in [1.54, 1.807) is 51.1 Å². The highest BCUT2D eigenvalue weighted by molar-refractivity contribution is 7.92. The molecule has 3 amide bonds. The first kappa shape index (κ1) is 23.7. The van der Waals surface area contributed by atoms with Crippen LogP contribution in [0.1, 0.15) is 33.6 Å². The number of benzene rings is 1. The third-order valence-corrected chi connectivity index (χ3v) is 7.45. The van der Waals surface area contributed by atoms with Gasteiger partial charge in [-0.15, -0.1) is 0 Å². The minimum atomic E-state index is -3.87. The van der Waals surface area contributed by atoms with Crippen LogP contribution >= 0.6 is 0 Å². The summed E-state index contributed by atoms with van der Waals surface area (Å²) in [7, 11) is -2.33. The lowest BCUT2D eigenvalue weighted by molar-refractivity contribution is -0.141. The van der Waals surface area contributed by atoms with E-state index in [-0.39, 0.29) is 31.8 Å². The van der Waals surface area contributed by atoms with E-state index in [1.165, 1.54) is 16.3 Å². The predicted octanol–water partition coefficient (Wildman–Crippen LogP) is 2.00. The summed E-state index contributed by atoms with van der Waals surface area (Å²) in [5.74, 6) is -3.28. The summed E-state index contributed by atoms with van der Waals surface area (Å²) in [6.07, 6.45) is 0.230. The van der Waals surface area contributed by atoms with Crippen molar-refractivity contribution in [2.75, 3.05) is 30.2 Å².